The number of halogens is 1. The lowest BCUT2D eigenvalue weighted by molar-refractivity contribution is -0.385. The molecule has 0 aromatic heterocycles. The number of benzene rings is 1. The van der Waals surface area contributed by atoms with Crippen LogP contribution in [0.3, 0.4) is 0 Å². The number of nitrogens with two attached hydrogens (primary N) is 1. The van der Waals surface area contributed by atoms with E-state index in [9.17, 15) is 14.9 Å². The van der Waals surface area contributed by atoms with Gasteiger partial charge in [0.1, 0.15) is 0 Å². The predicted molar refractivity (Wildman–Crippen MR) is 73.8 cm³/mol. The van der Waals surface area contributed by atoms with Crippen LogP contribution in [0.4, 0.5) is 11.4 Å². The molecule has 1 atom stereocenters. The number of amides is 1. The second-order valence-corrected chi connectivity index (χ2v) is 3.87. The highest BCUT2D eigenvalue weighted by molar-refractivity contribution is 5.91. The molecule has 0 heterocycles. The number of nitro groups is 1. The normalized spacial score (nSPS) is 11.1. The number of carbonyl (C=O) groups excluding carboxylic acids is 1. The first-order valence-electron chi connectivity index (χ1n) is 5.32. The summed E-state index contributed by atoms with van der Waals surface area (Å²) in [4.78, 5) is 21.7. The smallest absolute Gasteiger partial charge is 0.312 e. The van der Waals surface area contributed by atoms with Crippen molar-refractivity contribution in [2.45, 2.75) is 19.4 Å². The van der Waals surface area contributed by atoms with Crippen LogP contribution in [0.1, 0.15) is 13.3 Å². The SMILES string of the molecule is COc1ccc(NC(=O)CC(C)N)cc1[N+](=O)[O-].Cl. The van der Waals surface area contributed by atoms with Crippen molar-refractivity contribution in [1.82, 2.24) is 0 Å². The molecule has 1 unspecified atom stereocenters. The zero-order valence-electron chi connectivity index (χ0n) is 10.6. The van der Waals surface area contributed by atoms with Crippen molar-refractivity contribution in [2.24, 2.45) is 5.73 Å². The predicted octanol–water partition coefficient (Wildman–Crippen LogP) is 1.70. The largest absolute Gasteiger partial charge is 0.490 e. The molecule has 19 heavy (non-hydrogen) atoms. The molecule has 1 aromatic carbocycles. The number of ether oxygens (including phenoxy) is 1. The minimum absolute atomic E-state index is 0. The average molecular weight is 290 g/mol. The molecule has 0 saturated carbocycles. The second kappa shape index (κ2) is 7.55. The molecule has 0 saturated heterocycles. The van der Waals surface area contributed by atoms with Gasteiger partial charge in [-0.3, -0.25) is 14.9 Å². The van der Waals surface area contributed by atoms with Gasteiger partial charge in [-0.1, -0.05) is 0 Å². The van der Waals surface area contributed by atoms with E-state index in [-0.39, 0.29) is 42.2 Å². The van der Waals surface area contributed by atoms with E-state index >= 15 is 0 Å². The maximum atomic E-state index is 11.5. The van der Waals surface area contributed by atoms with E-state index in [0.29, 0.717) is 5.69 Å². The van der Waals surface area contributed by atoms with Gasteiger partial charge in [0.05, 0.1) is 12.0 Å². The van der Waals surface area contributed by atoms with E-state index in [2.05, 4.69) is 5.32 Å². The van der Waals surface area contributed by atoms with E-state index in [1.54, 1.807) is 6.92 Å². The first kappa shape index (κ1) is 17.1. The van der Waals surface area contributed by atoms with Crippen molar-refractivity contribution in [3.05, 3.63) is 28.3 Å². The third-order valence-electron chi connectivity index (χ3n) is 2.17. The third kappa shape index (κ3) is 5.11. The maximum absolute atomic E-state index is 11.5. The van der Waals surface area contributed by atoms with E-state index in [1.165, 1.54) is 25.3 Å². The Morgan fingerprint density at radius 3 is 2.68 bits per heavy atom. The lowest BCUT2D eigenvalue weighted by atomic mass is 10.2. The summed E-state index contributed by atoms with van der Waals surface area (Å²) >= 11 is 0. The molecule has 0 aliphatic rings. The highest BCUT2D eigenvalue weighted by Crippen LogP contribution is 2.29. The molecule has 1 amide bonds. The zero-order chi connectivity index (χ0) is 13.7. The molecule has 3 N–H and O–H groups in total. The molecule has 0 aliphatic carbocycles. The Morgan fingerprint density at radius 1 is 1.58 bits per heavy atom. The van der Waals surface area contributed by atoms with Crippen LogP contribution in [-0.2, 0) is 4.79 Å². The highest BCUT2D eigenvalue weighted by Gasteiger charge is 2.16. The topological polar surface area (TPSA) is 107 Å². The lowest BCUT2D eigenvalue weighted by Gasteiger charge is -2.08. The summed E-state index contributed by atoms with van der Waals surface area (Å²) in [7, 11) is 1.34. The van der Waals surface area contributed by atoms with Crippen molar-refractivity contribution in [1.29, 1.82) is 0 Å². The van der Waals surface area contributed by atoms with E-state index in [0.717, 1.165) is 0 Å². The molecular weight excluding hydrogens is 274 g/mol. The summed E-state index contributed by atoms with van der Waals surface area (Å²) in [6.07, 6.45) is 0.153. The van der Waals surface area contributed by atoms with Crippen LogP contribution in [0.15, 0.2) is 18.2 Å². The Kier molecular flexibility index (Phi) is 6.81. The zero-order valence-corrected chi connectivity index (χ0v) is 11.4. The first-order chi connectivity index (χ1) is 8.43. The summed E-state index contributed by atoms with van der Waals surface area (Å²) in [5.74, 6) is -0.144. The molecule has 1 aromatic rings. The van der Waals surface area contributed by atoms with Crippen LogP contribution in [0, 0.1) is 10.1 Å². The van der Waals surface area contributed by atoms with Gasteiger partial charge in [-0.25, -0.2) is 0 Å². The molecule has 0 aliphatic heterocycles. The maximum Gasteiger partial charge on any atom is 0.312 e. The lowest BCUT2D eigenvalue weighted by Crippen LogP contribution is -2.23. The van der Waals surface area contributed by atoms with E-state index in [4.69, 9.17) is 10.5 Å². The summed E-state index contributed by atoms with van der Waals surface area (Å²) in [5, 5.41) is 13.3. The number of anilines is 1. The Hall–Kier alpha value is -1.86. The summed E-state index contributed by atoms with van der Waals surface area (Å²) in [6.45, 7) is 1.70. The Balaban J connectivity index is 0.00000324. The van der Waals surface area contributed by atoms with Crippen LogP contribution in [0.25, 0.3) is 0 Å². The fraction of sp³-hybridized carbons (Fsp3) is 0.364. The van der Waals surface area contributed by atoms with Gasteiger partial charge in [0.2, 0.25) is 5.91 Å². The van der Waals surface area contributed by atoms with Gasteiger partial charge in [0.15, 0.2) is 5.75 Å². The summed E-state index contributed by atoms with van der Waals surface area (Å²) in [5.41, 5.74) is 5.62. The van der Waals surface area contributed by atoms with Gasteiger partial charge in [-0.2, -0.15) is 0 Å². The van der Waals surface area contributed by atoms with Gasteiger partial charge < -0.3 is 15.8 Å². The van der Waals surface area contributed by atoms with Gasteiger partial charge in [0.25, 0.3) is 0 Å². The number of methoxy groups -OCH3 is 1. The van der Waals surface area contributed by atoms with Crippen molar-refractivity contribution in [3.63, 3.8) is 0 Å². The molecule has 0 fully saturated rings. The number of rotatable bonds is 5. The summed E-state index contributed by atoms with van der Waals surface area (Å²) in [6, 6.07) is 3.95. The number of nitro benzene ring substituents is 1. The summed E-state index contributed by atoms with van der Waals surface area (Å²) < 4.78 is 4.86. The molecule has 0 radical (unpaired) electrons. The van der Waals surface area contributed by atoms with E-state index in [1.807, 2.05) is 0 Å². The standard InChI is InChI=1S/C11H15N3O4.ClH/c1-7(12)5-11(15)13-8-3-4-10(18-2)9(6-8)14(16)17;/h3-4,6-7H,5,12H2,1-2H3,(H,13,15);1H. The van der Waals surface area contributed by atoms with Crippen LogP contribution < -0.4 is 15.8 Å². The highest BCUT2D eigenvalue weighted by atomic mass is 35.5. The molecule has 1 rings (SSSR count). The van der Waals surface area contributed by atoms with Crippen molar-refractivity contribution < 1.29 is 14.5 Å². The van der Waals surface area contributed by atoms with E-state index < -0.39 is 4.92 Å². The molecule has 0 spiro atoms. The quantitative estimate of drug-likeness (QED) is 0.633. The van der Waals surface area contributed by atoms with Crippen LogP contribution >= 0.6 is 12.4 Å². The third-order valence-corrected chi connectivity index (χ3v) is 2.17. The van der Waals surface area contributed by atoms with Gasteiger partial charge in [-0.05, 0) is 19.1 Å². The van der Waals surface area contributed by atoms with Crippen molar-refractivity contribution in [2.75, 3.05) is 12.4 Å². The number of hydrogen-bond donors (Lipinski definition) is 2. The number of carbonyl (C=O) groups is 1. The van der Waals surface area contributed by atoms with Crippen LogP contribution in [0.2, 0.25) is 0 Å². The fourth-order valence-electron chi connectivity index (χ4n) is 1.41. The average Bonchev–Trinajstić information content (AvgIpc) is 2.27. The number of nitrogens with zero attached hydrogens (tertiary/aromatic N) is 1. The van der Waals surface area contributed by atoms with Gasteiger partial charge >= 0.3 is 5.69 Å². The Morgan fingerprint density at radius 2 is 2.21 bits per heavy atom. The van der Waals surface area contributed by atoms with Gasteiger partial charge in [-0.15, -0.1) is 12.4 Å². The van der Waals surface area contributed by atoms with Crippen LogP contribution in [0.5, 0.6) is 5.75 Å². The van der Waals surface area contributed by atoms with Crippen LogP contribution in [-0.4, -0.2) is 24.0 Å². The Bertz CT molecular complexity index is 465. The minimum Gasteiger partial charge on any atom is -0.490 e. The van der Waals surface area contributed by atoms with Gasteiger partial charge in [0, 0.05) is 24.2 Å². The van der Waals surface area contributed by atoms with Crippen molar-refractivity contribution >= 4 is 29.7 Å². The Labute approximate surface area is 116 Å². The minimum atomic E-state index is -0.569. The number of nitrogens with one attached hydrogen (secondary N) is 1. The molecule has 8 heteroatoms. The fourth-order valence-corrected chi connectivity index (χ4v) is 1.41. The molecule has 106 valence electrons. The second-order valence-electron chi connectivity index (χ2n) is 3.87. The van der Waals surface area contributed by atoms with Crippen molar-refractivity contribution in [3.8, 4) is 5.75 Å². The molecule has 7 nitrogen and oxygen atoms in total. The molecular formula is C11H16ClN3O4. The first-order valence-corrected chi connectivity index (χ1v) is 5.32. The monoisotopic (exact) mass is 289 g/mol. The number of hydrogen-bond acceptors (Lipinski definition) is 5. The molecule has 0 bridgehead atoms.